The highest BCUT2D eigenvalue weighted by Gasteiger charge is 2.28. The molecule has 1 aliphatic rings. The second kappa shape index (κ2) is 4.05. The van der Waals surface area contributed by atoms with Gasteiger partial charge in [-0.3, -0.25) is 9.36 Å². The molecule has 0 atom stereocenters. The van der Waals surface area contributed by atoms with Crippen molar-refractivity contribution in [3.63, 3.8) is 0 Å². The Labute approximate surface area is 109 Å². The molecular weight excluding hydrogens is 248 g/mol. The predicted octanol–water partition coefficient (Wildman–Crippen LogP) is 2.17. The van der Waals surface area contributed by atoms with Gasteiger partial charge in [-0.15, -0.1) is 0 Å². The summed E-state index contributed by atoms with van der Waals surface area (Å²) in [7, 11) is 0. The Morgan fingerprint density at radius 2 is 2.00 bits per heavy atom. The van der Waals surface area contributed by atoms with Gasteiger partial charge in [0.25, 0.3) is 5.56 Å². The Morgan fingerprint density at radius 1 is 1.33 bits per heavy atom. The molecule has 0 aliphatic heterocycles. The van der Waals surface area contributed by atoms with Crippen molar-refractivity contribution >= 4 is 23.4 Å². The molecule has 0 saturated heterocycles. The molecule has 0 radical (unpaired) electrons. The number of imidazole rings is 1. The number of rotatable bonds is 3. The molecule has 96 valence electrons. The lowest BCUT2D eigenvalue weighted by Gasteiger charge is -2.09. The van der Waals surface area contributed by atoms with E-state index in [2.05, 4.69) is 9.97 Å². The van der Waals surface area contributed by atoms with Gasteiger partial charge in [0, 0.05) is 19.0 Å². The van der Waals surface area contributed by atoms with Crippen LogP contribution in [0, 0.1) is 4.77 Å². The first kappa shape index (κ1) is 11.6. The van der Waals surface area contributed by atoms with Crippen LogP contribution in [0.4, 0.5) is 0 Å². The summed E-state index contributed by atoms with van der Waals surface area (Å²) >= 11 is 5.37. The Morgan fingerprint density at radius 3 is 2.56 bits per heavy atom. The highest BCUT2D eigenvalue weighted by Crippen LogP contribution is 2.38. The number of aromatic nitrogens is 4. The summed E-state index contributed by atoms with van der Waals surface area (Å²) in [5.74, 6) is 1.44. The minimum absolute atomic E-state index is 0.0541. The van der Waals surface area contributed by atoms with Crippen molar-refractivity contribution in [2.45, 2.75) is 45.7 Å². The highest BCUT2D eigenvalue weighted by atomic mass is 32.1. The minimum Gasteiger partial charge on any atom is -0.336 e. The van der Waals surface area contributed by atoms with Crippen molar-refractivity contribution in [3.8, 4) is 0 Å². The van der Waals surface area contributed by atoms with E-state index in [1.54, 1.807) is 4.57 Å². The molecule has 6 heteroatoms. The van der Waals surface area contributed by atoms with E-state index in [0.29, 0.717) is 28.4 Å². The van der Waals surface area contributed by atoms with Crippen LogP contribution in [0.5, 0.6) is 0 Å². The summed E-state index contributed by atoms with van der Waals surface area (Å²) in [4.78, 5) is 20.1. The molecular formula is C12H16N4OS. The van der Waals surface area contributed by atoms with E-state index in [-0.39, 0.29) is 5.56 Å². The molecule has 0 amide bonds. The van der Waals surface area contributed by atoms with Crippen LogP contribution in [0.25, 0.3) is 11.2 Å². The number of nitrogens with zero attached hydrogens (tertiary/aromatic N) is 3. The summed E-state index contributed by atoms with van der Waals surface area (Å²) in [6, 6.07) is 0. The van der Waals surface area contributed by atoms with Crippen LogP contribution in [0.15, 0.2) is 4.79 Å². The first-order chi connectivity index (χ1) is 8.67. The summed E-state index contributed by atoms with van der Waals surface area (Å²) in [6.45, 7) is 5.27. The average molecular weight is 264 g/mol. The maximum absolute atomic E-state index is 12.3. The number of hydrogen-bond acceptors (Lipinski definition) is 3. The van der Waals surface area contributed by atoms with E-state index >= 15 is 0 Å². The van der Waals surface area contributed by atoms with Crippen LogP contribution < -0.4 is 5.56 Å². The van der Waals surface area contributed by atoms with Crippen LogP contribution in [0.3, 0.4) is 0 Å². The van der Waals surface area contributed by atoms with E-state index in [1.165, 1.54) is 0 Å². The highest BCUT2D eigenvalue weighted by molar-refractivity contribution is 7.71. The molecule has 2 heterocycles. The lowest BCUT2D eigenvalue weighted by molar-refractivity contribution is 0.630. The van der Waals surface area contributed by atoms with Crippen LogP contribution in [-0.2, 0) is 13.1 Å². The zero-order valence-electron chi connectivity index (χ0n) is 10.6. The van der Waals surface area contributed by atoms with E-state index in [1.807, 2.05) is 18.4 Å². The van der Waals surface area contributed by atoms with Gasteiger partial charge in [0.2, 0.25) is 0 Å². The molecule has 1 N–H and O–H groups in total. The fourth-order valence-corrected chi connectivity index (χ4v) is 2.73. The van der Waals surface area contributed by atoms with Crippen molar-refractivity contribution in [2.75, 3.05) is 0 Å². The first-order valence-corrected chi connectivity index (χ1v) is 6.81. The number of fused-ring (bicyclic) bond motifs is 1. The lowest BCUT2D eigenvalue weighted by Crippen LogP contribution is -2.24. The van der Waals surface area contributed by atoms with E-state index < -0.39 is 0 Å². The second-order valence-corrected chi connectivity index (χ2v) is 5.04. The Bertz CT molecular complexity index is 720. The van der Waals surface area contributed by atoms with Crippen molar-refractivity contribution in [3.05, 3.63) is 20.9 Å². The number of H-pyrrole nitrogens is 1. The number of nitrogens with one attached hydrogen (secondary N) is 1. The van der Waals surface area contributed by atoms with Gasteiger partial charge in [-0.05, 0) is 38.9 Å². The monoisotopic (exact) mass is 264 g/mol. The van der Waals surface area contributed by atoms with Crippen molar-refractivity contribution in [1.82, 2.24) is 19.1 Å². The van der Waals surface area contributed by atoms with Gasteiger partial charge >= 0.3 is 0 Å². The topological polar surface area (TPSA) is 55.6 Å². The molecule has 1 saturated carbocycles. The number of hydrogen-bond donors (Lipinski definition) is 1. The molecule has 0 aromatic carbocycles. The van der Waals surface area contributed by atoms with Crippen LogP contribution in [-0.4, -0.2) is 19.1 Å². The van der Waals surface area contributed by atoms with Crippen LogP contribution in [0.1, 0.15) is 38.4 Å². The zero-order valence-corrected chi connectivity index (χ0v) is 11.4. The third-order valence-corrected chi connectivity index (χ3v) is 3.92. The fraction of sp³-hybridized carbons (Fsp3) is 0.583. The van der Waals surface area contributed by atoms with Crippen LogP contribution >= 0.6 is 12.2 Å². The summed E-state index contributed by atoms with van der Waals surface area (Å²) in [5, 5.41) is 0. The van der Waals surface area contributed by atoms with E-state index in [0.717, 1.165) is 25.2 Å². The van der Waals surface area contributed by atoms with Crippen molar-refractivity contribution in [2.24, 2.45) is 0 Å². The number of aromatic amines is 1. The van der Waals surface area contributed by atoms with E-state index in [9.17, 15) is 4.79 Å². The smallest absolute Gasteiger partial charge is 0.280 e. The van der Waals surface area contributed by atoms with Crippen molar-refractivity contribution in [1.29, 1.82) is 0 Å². The van der Waals surface area contributed by atoms with Gasteiger partial charge in [-0.2, -0.15) is 0 Å². The lowest BCUT2D eigenvalue weighted by atomic mass is 10.4. The maximum Gasteiger partial charge on any atom is 0.280 e. The van der Waals surface area contributed by atoms with Crippen molar-refractivity contribution < 1.29 is 0 Å². The van der Waals surface area contributed by atoms with Crippen LogP contribution in [0.2, 0.25) is 0 Å². The van der Waals surface area contributed by atoms with Gasteiger partial charge in [-0.1, -0.05) is 0 Å². The SMILES string of the molecule is CCn1c(=O)c2[nH]c(C3CC3)nc2n(CC)c1=S. The first-order valence-electron chi connectivity index (χ1n) is 6.40. The fourth-order valence-electron chi connectivity index (χ4n) is 2.30. The molecule has 0 spiro atoms. The Hall–Kier alpha value is -1.43. The summed E-state index contributed by atoms with van der Waals surface area (Å²) in [6.07, 6.45) is 2.32. The molecule has 1 aliphatic carbocycles. The predicted molar refractivity (Wildman–Crippen MR) is 72.5 cm³/mol. The Balaban J connectivity index is 2.41. The summed E-state index contributed by atoms with van der Waals surface area (Å²) in [5.41, 5.74) is 1.25. The van der Waals surface area contributed by atoms with Gasteiger partial charge in [-0.25, -0.2) is 4.98 Å². The largest absolute Gasteiger partial charge is 0.336 e. The number of aryl methyl sites for hydroxylation is 1. The third-order valence-electron chi connectivity index (χ3n) is 3.48. The second-order valence-electron chi connectivity index (χ2n) is 4.67. The van der Waals surface area contributed by atoms with Gasteiger partial charge in [0.15, 0.2) is 10.4 Å². The molecule has 5 nitrogen and oxygen atoms in total. The average Bonchev–Trinajstić information content (AvgIpc) is 3.11. The summed E-state index contributed by atoms with van der Waals surface area (Å²) < 4.78 is 4.11. The molecule has 2 aromatic rings. The Kier molecular flexibility index (Phi) is 2.62. The van der Waals surface area contributed by atoms with Gasteiger partial charge < -0.3 is 9.55 Å². The third kappa shape index (κ3) is 1.55. The van der Waals surface area contributed by atoms with Gasteiger partial charge in [0.05, 0.1) is 0 Å². The standard InChI is InChI=1S/C12H16N4OS/c1-3-15-10-8(11(17)16(4-2)12(15)18)13-9(14-10)7-5-6-7/h7H,3-6H2,1-2H3,(H,13,14). The molecule has 2 aromatic heterocycles. The normalized spacial score (nSPS) is 15.4. The minimum atomic E-state index is -0.0541. The molecule has 0 unspecified atom stereocenters. The molecule has 3 rings (SSSR count). The van der Waals surface area contributed by atoms with E-state index in [4.69, 9.17) is 12.2 Å². The maximum atomic E-state index is 12.3. The molecule has 1 fully saturated rings. The molecule has 0 bridgehead atoms. The molecule has 18 heavy (non-hydrogen) atoms. The zero-order chi connectivity index (χ0) is 12.9. The van der Waals surface area contributed by atoms with Gasteiger partial charge in [0.1, 0.15) is 11.3 Å². The quantitative estimate of drug-likeness (QED) is 0.864.